The summed E-state index contributed by atoms with van der Waals surface area (Å²) in [6.45, 7) is 8.13. The van der Waals surface area contributed by atoms with Gasteiger partial charge in [-0.05, 0) is 31.5 Å². The largest absolute Gasteiger partial charge is 0.486 e. The molecule has 0 aliphatic rings. The molecule has 0 heterocycles. The monoisotopic (exact) mass is 269 g/mol. The van der Waals surface area contributed by atoms with Crippen molar-refractivity contribution < 1.29 is 4.74 Å². The van der Waals surface area contributed by atoms with Crippen LogP contribution in [0.5, 0.6) is 5.75 Å². The summed E-state index contributed by atoms with van der Waals surface area (Å²) in [6.07, 6.45) is 1.76. The van der Waals surface area contributed by atoms with Gasteiger partial charge in [-0.15, -0.1) is 0 Å². The molecule has 1 rings (SSSR count). The first kappa shape index (κ1) is 12.3. The fraction of sp³-hybridized carbons (Fsp3) is 0.333. The van der Waals surface area contributed by atoms with Crippen LogP contribution in [0.4, 0.5) is 0 Å². The zero-order chi connectivity index (χ0) is 11.4. The van der Waals surface area contributed by atoms with Crippen LogP contribution in [0.25, 0.3) is 0 Å². The Labute approximate surface area is 99.3 Å². The van der Waals surface area contributed by atoms with Crippen LogP contribution in [0.2, 0.25) is 0 Å². The van der Waals surface area contributed by atoms with E-state index in [1.165, 1.54) is 0 Å². The number of hydrogen-bond donors (Lipinski definition) is 1. The molecule has 1 aromatic rings. The standard InChI is InChI=1S/C12H16BrNO/c1-4-9(3)15-12-8(2)5-11(13)6-10(12)7-14/h4-6,9H,1,7,14H2,2-3H3. The fourth-order valence-electron chi connectivity index (χ4n) is 1.35. The molecule has 0 amide bonds. The quantitative estimate of drug-likeness (QED) is 0.853. The highest BCUT2D eigenvalue weighted by Gasteiger charge is 2.09. The number of rotatable bonds is 4. The van der Waals surface area contributed by atoms with Gasteiger partial charge in [0.25, 0.3) is 0 Å². The minimum absolute atomic E-state index is 0.00447. The molecule has 2 nitrogen and oxygen atoms in total. The molecule has 82 valence electrons. The average Bonchev–Trinajstić information content (AvgIpc) is 2.21. The predicted octanol–water partition coefficient (Wildman–Crippen LogP) is 3.17. The molecular weight excluding hydrogens is 254 g/mol. The van der Waals surface area contributed by atoms with E-state index in [9.17, 15) is 0 Å². The molecule has 15 heavy (non-hydrogen) atoms. The van der Waals surface area contributed by atoms with Crippen molar-refractivity contribution in [1.82, 2.24) is 0 Å². The SMILES string of the molecule is C=CC(C)Oc1c(C)cc(Br)cc1CN. The minimum Gasteiger partial charge on any atom is -0.486 e. The summed E-state index contributed by atoms with van der Waals surface area (Å²) in [4.78, 5) is 0. The number of benzene rings is 1. The van der Waals surface area contributed by atoms with Gasteiger partial charge in [0.15, 0.2) is 0 Å². The number of halogens is 1. The van der Waals surface area contributed by atoms with Crippen molar-refractivity contribution in [2.24, 2.45) is 5.73 Å². The van der Waals surface area contributed by atoms with Crippen LogP contribution in [0.1, 0.15) is 18.1 Å². The lowest BCUT2D eigenvalue weighted by atomic mass is 10.1. The number of nitrogens with two attached hydrogens (primary N) is 1. The highest BCUT2D eigenvalue weighted by atomic mass is 79.9. The van der Waals surface area contributed by atoms with E-state index in [0.29, 0.717) is 6.54 Å². The number of hydrogen-bond acceptors (Lipinski definition) is 2. The summed E-state index contributed by atoms with van der Waals surface area (Å²) in [5, 5.41) is 0. The minimum atomic E-state index is -0.00447. The average molecular weight is 270 g/mol. The van der Waals surface area contributed by atoms with Crippen molar-refractivity contribution in [3.05, 3.63) is 40.4 Å². The summed E-state index contributed by atoms with van der Waals surface area (Å²) >= 11 is 3.44. The Morgan fingerprint density at radius 3 is 2.80 bits per heavy atom. The van der Waals surface area contributed by atoms with E-state index in [1.54, 1.807) is 6.08 Å². The lowest BCUT2D eigenvalue weighted by Crippen LogP contribution is -2.11. The van der Waals surface area contributed by atoms with Gasteiger partial charge < -0.3 is 10.5 Å². The third-order valence-electron chi connectivity index (χ3n) is 2.17. The van der Waals surface area contributed by atoms with Crippen LogP contribution in [-0.4, -0.2) is 6.10 Å². The Bertz CT molecular complexity index is 363. The zero-order valence-electron chi connectivity index (χ0n) is 9.09. The Hall–Kier alpha value is -0.800. The molecule has 0 bridgehead atoms. The normalized spacial score (nSPS) is 12.3. The smallest absolute Gasteiger partial charge is 0.127 e. The van der Waals surface area contributed by atoms with Crippen molar-refractivity contribution >= 4 is 15.9 Å². The van der Waals surface area contributed by atoms with Crippen molar-refractivity contribution in [3.8, 4) is 5.75 Å². The van der Waals surface area contributed by atoms with E-state index in [0.717, 1.165) is 21.3 Å². The molecule has 1 atom stereocenters. The Kier molecular flexibility index (Phi) is 4.36. The predicted molar refractivity (Wildman–Crippen MR) is 67.1 cm³/mol. The number of aryl methyl sites for hydroxylation is 1. The molecule has 2 N–H and O–H groups in total. The lowest BCUT2D eigenvalue weighted by Gasteiger charge is -2.16. The topological polar surface area (TPSA) is 35.2 Å². The van der Waals surface area contributed by atoms with Crippen molar-refractivity contribution in [2.75, 3.05) is 0 Å². The van der Waals surface area contributed by atoms with Crippen molar-refractivity contribution in [2.45, 2.75) is 26.5 Å². The third-order valence-corrected chi connectivity index (χ3v) is 2.63. The number of ether oxygens (including phenoxy) is 1. The highest BCUT2D eigenvalue weighted by Crippen LogP contribution is 2.28. The van der Waals surface area contributed by atoms with Crippen molar-refractivity contribution in [1.29, 1.82) is 0 Å². The van der Waals surface area contributed by atoms with Gasteiger partial charge in [0.2, 0.25) is 0 Å². The van der Waals surface area contributed by atoms with Crippen LogP contribution >= 0.6 is 15.9 Å². The molecule has 0 saturated carbocycles. The van der Waals surface area contributed by atoms with Crippen LogP contribution in [0.3, 0.4) is 0 Å². The molecule has 0 fully saturated rings. The molecule has 0 spiro atoms. The summed E-state index contributed by atoms with van der Waals surface area (Å²) < 4.78 is 6.78. The van der Waals surface area contributed by atoms with E-state index < -0.39 is 0 Å². The van der Waals surface area contributed by atoms with E-state index in [-0.39, 0.29) is 6.10 Å². The first-order chi connectivity index (χ1) is 7.08. The van der Waals surface area contributed by atoms with Gasteiger partial charge in [-0.25, -0.2) is 0 Å². The molecule has 3 heteroatoms. The molecular formula is C12H16BrNO. The van der Waals surface area contributed by atoms with E-state index in [2.05, 4.69) is 22.5 Å². The molecule has 0 aromatic heterocycles. The van der Waals surface area contributed by atoms with Gasteiger partial charge in [0.05, 0.1) is 0 Å². The summed E-state index contributed by atoms with van der Waals surface area (Å²) in [7, 11) is 0. The Balaban J connectivity index is 3.09. The van der Waals surface area contributed by atoms with Crippen LogP contribution < -0.4 is 10.5 Å². The third kappa shape index (κ3) is 3.08. The van der Waals surface area contributed by atoms with E-state index in [4.69, 9.17) is 10.5 Å². The molecule has 0 aliphatic carbocycles. The fourth-order valence-corrected chi connectivity index (χ4v) is 1.97. The highest BCUT2D eigenvalue weighted by molar-refractivity contribution is 9.10. The lowest BCUT2D eigenvalue weighted by molar-refractivity contribution is 0.265. The van der Waals surface area contributed by atoms with Gasteiger partial charge in [0.1, 0.15) is 11.9 Å². The van der Waals surface area contributed by atoms with E-state index >= 15 is 0 Å². The summed E-state index contributed by atoms with van der Waals surface area (Å²) in [5.41, 5.74) is 7.77. The van der Waals surface area contributed by atoms with Gasteiger partial charge >= 0.3 is 0 Å². The van der Waals surface area contributed by atoms with Crippen LogP contribution in [0, 0.1) is 6.92 Å². The molecule has 0 saturated heterocycles. The van der Waals surface area contributed by atoms with E-state index in [1.807, 2.05) is 26.0 Å². The molecule has 0 radical (unpaired) electrons. The molecule has 1 aromatic carbocycles. The van der Waals surface area contributed by atoms with Crippen molar-refractivity contribution in [3.63, 3.8) is 0 Å². The molecule has 0 aliphatic heterocycles. The van der Waals surface area contributed by atoms with Gasteiger partial charge in [-0.1, -0.05) is 28.6 Å². The maximum absolute atomic E-state index is 5.75. The molecule has 1 unspecified atom stereocenters. The van der Waals surface area contributed by atoms with Gasteiger partial charge in [-0.3, -0.25) is 0 Å². The second-order valence-electron chi connectivity index (χ2n) is 3.47. The van der Waals surface area contributed by atoms with Gasteiger partial charge in [0, 0.05) is 16.6 Å². The second kappa shape index (κ2) is 5.33. The van der Waals surface area contributed by atoms with Crippen LogP contribution in [0.15, 0.2) is 29.3 Å². The first-order valence-electron chi connectivity index (χ1n) is 4.86. The maximum Gasteiger partial charge on any atom is 0.127 e. The second-order valence-corrected chi connectivity index (χ2v) is 4.39. The summed E-state index contributed by atoms with van der Waals surface area (Å²) in [6, 6.07) is 4.00. The first-order valence-corrected chi connectivity index (χ1v) is 5.66. The maximum atomic E-state index is 5.75. The summed E-state index contributed by atoms with van der Waals surface area (Å²) in [5.74, 6) is 0.869. The zero-order valence-corrected chi connectivity index (χ0v) is 10.7. The van der Waals surface area contributed by atoms with Gasteiger partial charge in [-0.2, -0.15) is 0 Å². The van der Waals surface area contributed by atoms with Crippen LogP contribution in [-0.2, 0) is 6.54 Å². The Morgan fingerprint density at radius 1 is 1.60 bits per heavy atom. The Morgan fingerprint density at radius 2 is 2.27 bits per heavy atom.